The van der Waals surface area contributed by atoms with Crippen LogP contribution >= 0.6 is 0 Å². The summed E-state index contributed by atoms with van der Waals surface area (Å²) in [4.78, 5) is 11.7. The first-order valence-electron chi connectivity index (χ1n) is 13.1. The van der Waals surface area contributed by atoms with E-state index in [4.69, 9.17) is 10.5 Å². The molecule has 7 heteroatoms. The predicted octanol–water partition coefficient (Wildman–Crippen LogP) is 5.25. The first-order chi connectivity index (χ1) is 17.7. The van der Waals surface area contributed by atoms with E-state index in [0.29, 0.717) is 23.9 Å². The average Bonchev–Trinajstić information content (AvgIpc) is 3.31. The topological polar surface area (TPSA) is 81.2 Å². The van der Waals surface area contributed by atoms with Crippen LogP contribution in [0.1, 0.15) is 38.6 Å². The van der Waals surface area contributed by atoms with Gasteiger partial charge in [-0.3, -0.25) is 4.90 Å². The van der Waals surface area contributed by atoms with Crippen molar-refractivity contribution >= 4 is 16.9 Å². The van der Waals surface area contributed by atoms with E-state index in [1.165, 1.54) is 12.8 Å². The molecule has 2 aromatic carbocycles. The van der Waals surface area contributed by atoms with Gasteiger partial charge in [-0.2, -0.15) is 0 Å². The van der Waals surface area contributed by atoms with Gasteiger partial charge in [0.1, 0.15) is 29.3 Å². The van der Waals surface area contributed by atoms with E-state index < -0.39 is 0 Å². The van der Waals surface area contributed by atoms with Crippen molar-refractivity contribution in [2.75, 3.05) is 25.4 Å². The first-order valence-corrected chi connectivity index (χ1v) is 13.1. The number of anilines is 1. The number of nitrogens with two attached hydrogens (primary N) is 1. The van der Waals surface area contributed by atoms with E-state index in [9.17, 15) is 0 Å². The molecule has 0 spiro atoms. The lowest BCUT2D eigenvalue weighted by Gasteiger charge is -2.41. The molecule has 0 unspecified atom stereocenters. The molecular weight excluding hydrogens is 448 g/mol. The highest BCUT2D eigenvalue weighted by Gasteiger charge is 2.30. The Balaban J connectivity index is 1.25. The SMILES string of the molecule is C[C@H]1CN([C@H]2CC[C@@H](n3cc(-c4ccc(Oc5ccccc5)cc4)c4c(N)ncnc43)CC2)CCN1. The van der Waals surface area contributed by atoms with Crippen molar-refractivity contribution in [3.8, 4) is 22.6 Å². The van der Waals surface area contributed by atoms with Gasteiger partial charge in [0.2, 0.25) is 0 Å². The van der Waals surface area contributed by atoms with Crippen molar-refractivity contribution in [3.63, 3.8) is 0 Å². The number of nitrogen functional groups attached to an aromatic ring is 1. The van der Waals surface area contributed by atoms with Crippen LogP contribution in [-0.2, 0) is 0 Å². The lowest BCUT2D eigenvalue weighted by Crippen LogP contribution is -2.53. The monoisotopic (exact) mass is 482 g/mol. The minimum Gasteiger partial charge on any atom is -0.457 e. The summed E-state index contributed by atoms with van der Waals surface area (Å²) in [7, 11) is 0. The number of hydrogen-bond acceptors (Lipinski definition) is 6. The van der Waals surface area contributed by atoms with E-state index in [-0.39, 0.29) is 0 Å². The molecule has 0 bridgehead atoms. The molecule has 3 N–H and O–H groups in total. The molecule has 0 radical (unpaired) electrons. The highest BCUT2D eigenvalue weighted by Crippen LogP contribution is 2.39. The second-order valence-corrected chi connectivity index (χ2v) is 10.2. The number of piperazine rings is 1. The fourth-order valence-corrected chi connectivity index (χ4v) is 5.93. The van der Waals surface area contributed by atoms with Gasteiger partial charge in [0, 0.05) is 49.5 Å². The molecule has 2 aromatic heterocycles. The van der Waals surface area contributed by atoms with Gasteiger partial charge in [-0.05, 0) is 62.4 Å². The van der Waals surface area contributed by atoms with E-state index in [2.05, 4.69) is 50.0 Å². The van der Waals surface area contributed by atoms with Gasteiger partial charge in [-0.15, -0.1) is 0 Å². The molecule has 7 nitrogen and oxygen atoms in total. The molecule has 6 rings (SSSR count). The van der Waals surface area contributed by atoms with Crippen molar-refractivity contribution < 1.29 is 4.74 Å². The highest BCUT2D eigenvalue weighted by atomic mass is 16.5. The van der Waals surface area contributed by atoms with E-state index in [0.717, 1.165) is 66.1 Å². The maximum atomic E-state index is 6.40. The Kier molecular flexibility index (Phi) is 6.34. The molecule has 1 aliphatic heterocycles. The number of fused-ring (bicyclic) bond motifs is 1. The molecular formula is C29H34N6O. The summed E-state index contributed by atoms with van der Waals surface area (Å²) < 4.78 is 8.34. The largest absolute Gasteiger partial charge is 0.457 e. The number of para-hydroxylation sites is 1. The molecule has 0 amide bonds. The Labute approximate surface area is 212 Å². The Morgan fingerprint density at radius 2 is 1.64 bits per heavy atom. The molecule has 36 heavy (non-hydrogen) atoms. The Morgan fingerprint density at radius 3 is 2.39 bits per heavy atom. The van der Waals surface area contributed by atoms with Crippen LogP contribution < -0.4 is 15.8 Å². The summed E-state index contributed by atoms with van der Waals surface area (Å²) in [6, 6.07) is 19.7. The molecule has 3 heterocycles. The summed E-state index contributed by atoms with van der Waals surface area (Å²) in [6.07, 6.45) is 8.57. The van der Waals surface area contributed by atoms with Gasteiger partial charge >= 0.3 is 0 Å². The van der Waals surface area contributed by atoms with Crippen LogP contribution in [-0.4, -0.2) is 51.2 Å². The standard InChI is InChI=1S/C29H34N6O/c1-20-17-34(16-15-31-20)22-9-11-23(12-10-22)35-18-26(27-28(30)32-19-33-29(27)35)21-7-13-25(14-8-21)36-24-5-3-2-4-6-24/h2-8,13-14,18-20,22-23,31H,9-12,15-17H2,1H3,(H2,30,32,33)/t20-,22-,23+/m0/s1. The molecule has 2 fully saturated rings. The fraction of sp³-hybridized carbons (Fsp3) is 0.379. The van der Waals surface area contributed by atoms with Gasteiger partial charge < -0.3 is 20.4 Å². The zero-order valence-electron chi connectivity index (χ0n) is 20.8. The fourth-order valence-electron chi connectivity index (χ4n) is 5.93. The number of hydrogen-bond donors (Lipinski definition) is 2. The van der Waals surface area contributed by atoms with Crippen LogP contribution in [0.25, 0.3) is 22.2 Å². The van der Waals surface area contributed by atoms with E-state index in [1.807, 2.05) is 42.5 Å². The minimum absolute atomic E-state index is 0.424. The van der Waals surface area contributed by atoms with Crippen LogP contribution in [0.2, 0.25) is 0 Å². The van der Waals surface area contributed by atoms with Gasteiger partial charge in [0.25, 0.3) is 0 Å². The molecule has 1 saturated heterocycles. The van der Waals surface area contributed by atoms with Crippen molar-refractivity contribution in [3.05, 3.63) is 67.1 Å². The molecule has 1 saturated carbocycles. The number of aromatic nitrogens is 3. The molecule has 1 atom stereocenters. The van der Waals surface area contributed by atoms with Crippen molar-refractivity contribution in [1.82, 2.24) is 24.8 Å². The van der Waals surface area contributed by atoms with Crippen LogP contribution in [0.5, 0.6) is 11.5 Å². The third-order valence-electron chi connectivity index (χ3n) is 7.76. The predicted molar refractivity (Wildman–Crippen MR) is 144 cm³/mol. The smallest absolute Gasteiger partial charge is 0.146 e. The third-order valence-corrected chi connectivity index (χ3v) is 7.76. The van der Waals surface area contributed by atoms with Gasteiger partial charge in [-0.25, -0.2) is 9.97 Å². The average molecular weight is 483 g/mol. The maximum absolute atomic E-state index is 6.40. The Morgan fingerprint density at radius 1 is 0.917 bits per heavy atom. The van der Waals surface area contributed by atoms with Crippen LogP contribution in [0.4, 0.5) is 5.82 Å². The number of benzene rings is 2. The normalized spacial score (nSPS) is 23.1. The van der Waals surface area contributed by atoms with Crippen molar-refractivity contribution in [2.45, 2.75) is 50.7 Å². The zero-order chi connectivity index (χ0) is 24.5. The second kappa shape index (κ2) is 9.91. The lowest BCUT2D eigenvalue weighted by atomic mass is 9.89. The number of rotatable bonds is 5. The summed E-state index contributed by atoms with van der Waals surface area (Å²) in [5, 5.41) is 4.50. The number of nitrogens with one attached hydrogen (secondary N) is 1. The molecule has 1 aliphatic carbocycles. The zero-order valence-corrected chi connectivity index (χ0v) is 20.8. The molecule has 186 valence electrons. The van der Waals surface area contributed by atoms with Crippen LogP contribution in [0.3, 0.4) is 0 Å². The van der Waals surface area contributed by atoms with Crippen molar-refractivity contribution in [1.29, 1.82) is 0 Å². The first kappa shape index (κ1) is 23.0. The maximum Gasteiger partial charge on any atom is 0.146 e. The van der Waals surface area contributed by atoms with E-state index in [1.54, 1.807) is 6.33 Å². The second-order valence-electron chi connectivity index (χ2n) is 10.2. The van der Waals surface area contributed by atoms with Gasteiger partial charge in [0.05, 0.1) is 5.39 Å². The number of ether oxygens (including phenoxy) is 1. The van der Waals surface area contributed by atoms with Gasteiger partial charge in [-0.1, -0.05) is 30.3 Å². The molecule has 2 aliphatic rings. The lowest BCUT2D eigenvalue weighted by molar-refractivity contribution is 0.107. The highest BCUT2D eigenvalue weighted by molar-refractivity contribution is 6.00. The summed E-state index contributed by atoms with van der Waals surface area (Å²) in [5.41, 5.74) is 9.50. The van der Waals surface area contributed by atoms with E-state index >= 15 is 0 Å². The molecule has 4 aromatic rings. The quantitative estimate of drug-likeness (QED) is 0.404. The summed E-state index contributed by atoms with van der Waals surface area (Å²) in [6.45, 7) is 5.69. The minimum atomic E-state index is 0.424. The third kappa shape index (κ3) is 4.56. The van der Waals surface area contributed by atoms with Gasteiger partial charge in [0.15, 0.2) is 0 Å². The van der Waals surface area contributed by atoms with Crippen LogP contribution in [0, 0.1) is 0 Å². The summed E-state index contributed by atoms with van der Waals surface area (Å²) in [5.74, 6) is 2.16. The van der Waals surface area contributed by atoms with Crippen LogP contribution in [0.15, 0.2) is 67.1 Å². The summed E-state index contributed by atoms with van der Waals surface area (Å²) >= 11 is 0. The number of nitrogens with zero attached hydrogens (tertiary/aromatic N) is 4. The Bertz CT molecular complexity index is 1310. The van der Waals surface area contributed by atoms with Crippen molar-refractivity contribution in [2.24, 2.45) is 0 Å². The Hall–Kier alpha value is -3.42.